The molecule has 1 aliphatic rings. The van der Waals surface area contributed by atoms with Crippen LogP contribution in [-0.4, -0.2) is 46.1 Å². The molecule has 0 spiro atoms. The molecule has 0 unspecified atom stereocenters. The van der Waals surface area contributed by atoms with E-state index in [4.69, 9.17) is 9.62 Å². The SMILES string of the molecule is C[C@@H]1CN(Cc2cc3cc(C(=O)NO)ccc3o2)C[C@H](C)N1Cc1ccccc1. The summed E-state index contributed by atoms with van der Waals surface area (Å²) in [6, 6.07) is 18.6. The molecule has 0 saturated carbocycles. The van der Waals surface area contributed by atoms with Crippen LogP contribution in [0.1, 0.15) is 35.5 Å². The van der Waals surface area contributed by atoms with Crippen LogP contribution in [-0.2, 0) is 13.1 Å². The number of hydrogen-bond acceptors (Lipinski definition) is 5. The highest BCUT2D eigenvalue weighted by atomic mass is 16.5. The molecule has 0 bridgehead atoms. The zero-order chi connectivity index (χ0) is 20.4. The van der Waals surface area contributed by atoms with Crippen LogP contribution in [0, 0.1) is 0 Å². The van der Waals surface area contributed by atoms with E-state index >= 15 is 0 Å². The number of piperazine rings is 1. The quantitative estimate of drug-likeness (QED) is 0.512. The summed E-state index contributed by atoms with van der Waals surface area (Å²) in [5.74, 6) is 0.365. The van der Waals surface area contributed by atoms with Gasteiger partial charge < -0.3 is 4.42 Å². The van der Waals surface area contributed by atoms with Crippen LogP contribution in [0.5, 0.6) is 0 Å². The number of fused-ring (bicyclic) bond motifs is 1. The first-order valence-corrected chi connectivity index (χ1v) is 10.0. The number of hydrogen-bond donors (Lipinski definition) is 2. The molecule has 3 aromatic rings. The van der Waals surface area contributed by atoms with Crippen molar-refractivity contribution in [3.05, 3.63) is 71.5 Å². The number of carbonyl (C=O) groups excluding carboxylic acids is 1. The Morgan fingerprint density at radius 1 is 1.07 bits per heavy atom. The molecule has 2 aromatic carbocycles. The average Bonchev–Trinajstić information content (AvgIpc) is 3.12. The summed E-state index contributed by atoms with van der Waals surface area (Å²) in [6.07, 6.45) is 0. The second-order valence-electron chi connectivity index (χ2n) is 7.96. The number of benzene rings is 2. The fourth-order valence-electron chi connectivity index (χ4n) is 4.30. The summed E-state index contributed by atoms with van der Waals surface area (Å²) in [5.41, 5.74) is 4.17. The minimum atomic E-state index is -0.521. The molecule has 2 atom stereocenters. The number of nitrogens with one attached hydrogen (secondary N) is 1. The molecule has 1 aromatic heterocycles. The standard InChI is InChI=1S/C23H27N3O3/c1-16-12-25(13-17(2)26(16)14-18-6-4-3-5-7-18)15-21-11-20-10-19(23(27)24-28)8-9-22(20)29-21/h3-11,16-17,28H,12-15H2,1-2H3,(H,24,27)/t16-,17+. The molecule has 29 heavy (non-hydrogen) atoms. The van der Waals surface area contributed by atoms with Crippen molar-refractivity contribution >= 4 is 16.9 Å². The molecule has 6 heteroatoms. The summed E-state index contributed by atoms with van der Waals surface area (Å²) < 4.78 is 5.98. The average molecular weight is 393 g/mol. The fourth-order valence-corrected chi connectivity index (χ4v) is 4.30. The summed E-state index contributed by atoms with van der Waals surface area (Å²) in [5, 5.41) is 9.68. The number of furan rings is 1. The van der Waals surface area contributed by atoms with Gasteiger partial charge in [0.2, 0.25) is 0 Å². The second-order valence-corrected chi connectivity index (χ2v) is 7.96. The predicted molar refractivity (Wildman–Crippen MR) is 112 cm³/mol. The third-order valence-corrected chi connectivity index (χ3v) is 5.70. The Hall–Kier alpha value is -2.67. The third-order valence-electron chi connectivity index (χ3n) is 5.70. The van der Waals surface area contributed by atoms with Crippen molar-refractivity contribution in [2.75, 3.05) is 13.1 Å². The van der Waals surface area contributed by atoms with Gasteiger partial charge in [-0.2, -0.15) is 0 Å². The van der Waals surface area contributed by atoms with Gasteiger partial charge in [0.25, 0.3) is 5.91 Å². The molecule has 6 nitrogen and oxygen atoms in total. The Kier molecular flexibility index (Phi) is 5.67. The van der Waals surface area contributed by atoms with Gasteiger partial charge in [0.15, 0.2) is 0 Å². The van der Waals surface area contributed by atoms with Gasteiger partial charge >= 0.3 is 0 Å². The van der Waals surface area contributed by atoms with Crippen LogP contribution in [0.3, 0.4) is 0 Å². The zero-order valence-corrected chi connectivity index (χ0v) is 16.8. The first-order chi connectivity index (χ1) is 14.0. The van der Waals surface area contributed by atoms with Gasteiger partial charge in [-0.15, -0.1) is 0 Å². The Morgan fingerprint density at radius 3 is 2.48 bits per heavy atom. The fraction of sp³-hybridized carbons (Fsp3) is 0.348. The van der Waals surface area contributed by atoms with Crippen molar-refractivity contribution < 1.29 is 14.4 Å². The first kappa shape index (κ1) is 19.6. The summed E-state index contributed by atoms with van der Waals surface area (Å²) in [7, 11) is 0. The molecule has 152 valence electrons. The molecule has 4 rings (SSSR count). The monoisotopic (exact) mass is 393 g/mol. The molecule has 2 N–H and O–H groups in total. The smallest absolute Gasteiger partial charge is 0.274 e. The third kappa shape index (κ3) is 4.34. The second kappa shape index (κ2) is 8.37. The van der Waals surface area contributed by atoms with E-state index in [0.717, 1.165) is 42.9 Å². The highest BCUT2D eigenvalue weighted by Crippen LogP contribution is 2.25. The van der Waals surface area contributed by atoms with Crippen LogP contribution in [0.25, 0.3) is 11.0 Å². The largest absolute Gasteiger partial charge is 0.460 e. The Labute approximate surface area is 170 Å². The molecule has 1 fully saturated rings. The summed E-state index contributed by atoms with van der Waals surface area (Å²) in [4.78, 5) is 16.6. The lowest BCUT2D eigenvalue weighted by Crippen LogP contribution is -2.55. The van der Waals surface area contributed by atoms with E-state index in [1.165, 1.54) is 5.56 Å². The zero-order valence-electron chi connectivity index (χ0n) is 16.8. The highest BCUT2D eigenvalue weighted by molar-refractivity contribution is 5.97. The van der Waals surface area contributed by atoms with Crippen LogP contribution >= 0.6 is 0 Å². The highest BCUT2D eigenvalue weighted by Gasteiger charge is 2.29. The Bertz CT molecular complexity index is 973. The maximum Gasteiger partial charge on any atom is 0.274 e. The molecular weight excluding hydrogens is 366 g/mol. The maximum atomic E-state index is 11.6. The van der Waals surface area contributed by atoms with Crippen LogP contribution in [0.15, 0.2) is 59.0 Å². The van der Waals surface area contributed by atoms with Gasteiger partial charge in [-0.3, -0.25) is 19.8 Å². The molecule has 1 aliphatic heterocycles. The Balaban J connectivity index is 1.43. The van der Waals surface area contributed by atoms with Gasteiger partial charge in [-0.25, -0.2) is 5.48 Å². The van der Waals surface area contributed by atoms with E-state index in [0.29, 0.717) is 17.6 Å². The van der Waals surface area contributed by atoms with Crippen LogP contribution < -0.4 is 5.48 Å². The van der Waals surface area contributed by atoms with Crippen molar-refractivity contribution in [3.63, 3.8) is 0 Å². The number of carbonyl (C=O) groups is 1. The minimum absolute atomic E-state index is 0.407. The van der Waals surface area contributed by atoms with Crippen molar-refractivity contribution in [2.45, 2.75) is 39.0 Å². The lowest BCUT2D eigenvalue weighted by atomic mass is 10.1. The van der Waals surface area contributed by atoms with Crippen LogP contribution in [0.2, 0.25) is 0 Å². The maximum absolute atomic E-state index is 11.6. The number of nitrogens with zero attached hydrogens (tertiary/aromatic N) is 2. The minimum Gasteiger partial charge on any atom is -0.460 e. The summed E-state index contributed by atoms with van der Waals surface area (Å²) in [6.45, 7) is 8.23. The van der Waals surface area contributed by atoms with E-state index in [1.54, 1.807) is 23.7 Å². The van der Waals surface area contributed by atoms with Gasteiger partial charge in [-0.05, 0) is 43.7 Å². The van der Waals surface area contributed by atoms with E-state index in [9.17, 15) is 4.79 Å². The molecule has 2 heterocycles. The van der Waals surface area contributed by atoms with E-state index in [-0.39, 0.29) is 0 Å². The number of rotatable bonds is 5. The van der Waals surface area contributed by atoms with Gasteiger partial charge in [0, 0.05) is 42.7 Å². The number of hydroxylamine groups is 1. The van der Waals surface area contributed by atoms with Crippen LogP contribution in [0.4, 0.5) is 0 Å². The van der Waals surface area contributed by atoms with Gasteiger partial charge in [-0.1, -0.05) is 30.3 Å². The Morgan fingerprint density at radius 2 is 1.79 bits per heavy atom. The van der Waals surface area contributed by atoms with Crippen molar-refractivity contribution in [3.8, 4) is 0 Å². The van der Waals surface area contributed by atoms with E-state index < -0.39 is 5.91 Å². The van der Waals surface area contributed by atoms with Gasteiger partial charge in [0.1, 0.15) is 11.3 Å². The molecule has 1 amide bonds. The predicted octanol–water partition coefficient (Wildman–Crippen LogP) is 3.65. The lowest BCUT2D eigenvalue weighted by Gasteiger charge is -2.44. The number of amides is 1. The summed E-state index contributed by atoms with van der Waals surface area (Å²) >= 11 is 0. The van der Waals surface area contributed by atoms with Gasteiger partial charge in [0.05, 0.1) is 6.54 Å². The van der Waals surface area contributed by atoms with Crippen molar-refractivity contribution in [1.82, 2.24) is 15.3 Å². The molecular formula is C23H27N3O3. The normalized spacial score (nSPS) is 20.8. The molecule has 1 saturated heterocycles. The van der Waals surface area contributed by atoms with Crippen molar-refractivity contribution in [1.29, 1.82) is 0 Å². The van der Waals surface area contributed by atoms with Crippen molar-refractivity contribution in [2.24, 2.45) is 0 Å². The van der Waals surface area contributed by atoms with E-state index in [2.05, 4.69) is 54.0 Å². The molecule has 0 aliphatic carbocycles. The topological polar surface area (TPSA) is 69.0 Å². The van der Waals surface area contributed by atoms with E-state index in [1.807, 2.05) is 6.07 Å². The molecule has 0 radical (unpaired) electrons. The lowest BCUT2D eigenvalue weighted by molar-refractivity contribution is 0.0263. The first-order valence-electron chi connectivity index (χ1n) is 10.0.